The fourth-order valence-electron chi connectivity index (χ4n) is 1.19. The SMILES string of the molecule is Cc1nn(-c2ccc(CCl)cn2)cc1Cl. The summed E-state index contributed by atoms with van der Waals surface area (Å²) in [5.41, 5.74) is 1.77. The normalized spacial score (nSPS) is 10.6. The van der Waals surface area contributed by atoms with E-state index >= 15 is 0 Å². The molecule has 0 aliphatic heterocycles. The van der Waals surface area contributed by atoms with Crippen LogP contribution in [0.3, 0.4) is 0 Å². The van der Waals surface area contributed by atoms with Gasteiger partial charge in [0.05, 0.1) is 16.9 Å². The zero-order valence-electron chi connectivity index (χ0n) is 8.11. The first-order valence-electron chi connectivity index (χ1n) is 4.44. The van der Waals surface area contributed by atoms with Crippen molar-refractivity contribution in [2.45, 2.75) is 12.8 Å². The summed E-state index contributed by atoms with van der Waals surface area (Å²) in [6.07, 6.45) is 3.47. The number of nitrogens with zero attached hydrogens (tertiary/aromatic N) is 3. The van der Waals surface area contributed by atoms with Gasteiger partial charge < -0.3 is 0 Å². The van der Waals surface area contributed by atoms with Crippen molar-refractivity contribution in [3.05, 3.63) is 40.8 Å². The maximum absolute atomic E-state index is 5.91. The van der Waals surface area contributed by atoms with Gasteiger partial charge in [-0.15, -0.1) is 11.6 Å². The van der Waals surface area contributed by atoms with Crippen LogP contribution in [0.15, 0.2) is 24.5 Å². The van der Waals surface area contributed by atoms with Gasteiger partial charge in [0.1, 0.15) is 0 Å². The Morgan fingerprint density at radius 1 is 1.40 bits per heavy atom. The van der Waals surface area contributed by atoms with Crippen molar-refractivity contribution in [1.29, 1.82) is 0 Å². The highest BCUT2D eigenvalue weighted by Gasteiger charge is 2.04. The highest BCUT2D eigenvalue weighted by atomic mass is 35.5. The molecule has 0 spiro atoms. The van der Waals surface area contributed by atoms with Crippen molar-refractivity contribution in [3.8, 4) is 5.82 Å². The standard InChI is InChI=1S/C10H9Cl2N3/c1-7-9(12)6-15(14-7)10-3-2-8(4-11)5-13-10/h2-3,5-6H,4H2,1H3. The molecule has 3 nitrogen and oxygen atoms in total. The molecule has 2 aromatic rings. The van der Waals surface area contributed by atoms with Gasteiger partial charge in [-0.25, -0.2) is 9.67 Å². The first-order valence-corrected chi connectivity index (χ1v) is 5.35. The molecule has 0 aliphatic rings. The number of hydrogen-bond donors (Lipinski definition) is 0. The minimum absolute atomic E-state index is 0.464. The number of halogens is 2. The molecule has 5 heteroatoms. The summed E-state index contributed by atoms with van der Waals surface area (Å²) in [6.45, 7) is 1.85. The lowest BCUT2D eigenvalue weighted by atomic mass is 10.3. The van der Waals surface area contributed by atoms with Crippen LogP contribution in [0, 0.1) is 6.92 Å². The molecule has 0 saturated carbocycles. The van der Waals surface area contributed by atoms with Crippen LogP contribution in [-0.2, 0) is 5.88 Å². The average molecular weight is 242 g/mol. The summed E-state index contributed by atoms with van der Waals surface area (Å²) in [5.74, 6) is 1.20. The lowest BCUT2D eigenvalue weighted by molar-refractivity contribution is 0.831. The highest BCUT2D eigenvalue weighted by molar-refractivity contribution is 6.31. The molecule has 0 atom stereocenters. The van der Waals surface area contributed by atoms with Crippen LogP contribution in [0.2, 0.25) is 5.02 Å². The molecule has 0 aliphatic carbocycles. The Hall–Kier alpha value is -1.06. The second-order valence-corrected chi connectivity index (χ2v) is 3.84. The molecule has 15 heavy (non-hydrogen) atoms. The zero-order valence-corrected chi connectivity index (χ0v) is 9.63. The summed E-state index contributed by atoms with van der Waals surface area (Å²) >= 11 is 11.6. The first kappa shape index (κ1) is 10.5. The molecule has 2 rings (SSSR count). The Kier molecular flexibility index (Phi) is 2.93. The Bertz CT molecular complexity index is 443. The third-order valence-corrected chi connectivity index (χ3v) is 2.72. The molecule has 0 amide bonds. The minimum atomic E-state index is 0.464. The maximum atomic E-state index is 5.91. The van der Waals surface area contributed by atoms with E-state index in [-0.39, 0.29) is 0 Å². The molecule has 78 valence electrons. The largest absolute Gasteiger partial charge is 0.237 e. The van der Waals surface area contributed by atoms with Crippen molar-refractivity contribution in [2.24, 2.45) is 0 Å². The van der Waals surface area contributed by atoms with Crippen molar-refractivity contribution in [2.75, 3.05) is 0 Å². The van der Waals surface area contributed by atoms with Crippen LogP contribution in [0.1, 0.15) is 11.3 Å². The lowest BCUT2D eigenvalue weighted by Gasteiger charge is -2.00. The van der Waals surface area contributed by atoms with Crippen LogP contribution in [-0.4, -0.2) is 14.8 Å². The van der Waals surface area contributed by atoms with Gasteiger partial charge in [-0.1, -0.05) is 17.7 Å². The van der Waals surface area contributed by atoms with Gasteiger partial charge in [0, 0.05) is 12.1 Å². The van der Waals surface area contributed by atoms with E-state index in [4.69, 9.17) is 23.2 Å². The molecule has 0 radical (unpaired) electrons. The lowest BCUT2D eigenvalue weighted by Crippen LogP contribution is -1.98. The predicted octanol–water partition coefficient (Wildman–Crippen LogP) is 2.97. The van der Waals surface area contributed by atoms with E-state index < -0.39 is 0 Å². The topological polar surface area (TPSA) is 30.7 Å². The van der Waals surface area contributed by atoms with Gasteiger partial charge in [-0.2, -0.15) is 5.10 Å². The molecule has 0 aromatic carbocycles. The molecule has 2 aromatic heterocycles. The molecular weight excluding hydrogens is 233 g/mol. The second kappa shape index (κ2) is 4.21. The van der Waals surface area contributed by atoms with Gasteiger partial charge in [-0.3, -0.25) is 0 Å². The van der Waals surface area contributed by atoms with E-state index in [2.05, 4.69) is 10.1 Å². The summed E-state index contributed by atoms with van der Waals surface area (Å²) in [5, 5.41) is 4.86. The number of aryl methyl sites for hydroxylation is 1. The fourth-order valence-corrected chi connectivity index (χ4v) is 1.48. The van der Waals surface area contributed by atoms with Gasteiger partial charge in [0.2, 0.25) is 0 Å². The van der Waals surface area contributed by atoms with E-state index in [0.717, 1.165) is 17.1 Å². The quantitative estimate of drug-likeness (QED) is 0.758. The molecule has 0 saturated heterocycles. The van der Waals surface area contributed by atoms with E-state index in [1.807, 2.05) is 19.1 Å². The first-order chi connectivity index (χ1) is 7.20. The smallest absolute Gasteiger partial charge is 0.153 e. The van der Waals surface area contributed by atoms with Crippen LogP contribution in [0.4, 0.5) is 0 Å². The monoisotopic (exact) mass is 241 g/mol. The van der Waals surface area contributed by atoms with Gasteiger partial charge in [0.15, 0.2) is 5.82 Å². The number of rotatable bonds is 2. The van der Waals surface area contributed by atoms with E-state index in [9.17, 15) is 0 Å². The third-order valence-electron chi connectivity index (χ3n) is 2.04. The van der Waals surface area contributed by atoms with E-state index in [0.29, 0.717) is 10.9 Å². The Balaban J connectivity index is 2.37. The molecule has 0 bridgehead atoms. The Morgan fingerprint density at radius 3 is 2.67 bits per heavy atom. The Morgan fingerprint density at radius 2 is 2.20 bits per heavy atom. The minimum Gasteiger partial charge on any atom is -0.237 e. The predicted molar refractivity (Wildman–Crippen MR) is 60.7 cm³/mol. The van der Waals surface area contributed by atoms with Crippen molar-refractivity contribution < 1.29 is 0 Å². The fraction of sp³-hybridized carbons (Fsp3) is 0.200. The van der Waals surface area contributed by atoms with Crippen molar-refractivity contribution in [3.63, 3.8) is 0 Å². The summed E-state index contributed by atoms with van der Waals surface area (Å²) in [6, 6.07) is 3.78. The van der Waals surface area contributed by atoms with Crippen molar-refractivity contribution in [1.82, 2.24) is 14.8 Å². The molecule has 2 heterocycles. The summed E-state index contributed by atoms with van der Waals surface area (Å²) in [4.78, 5) is 4.23. The molecule has 0 N–H and O–H groups in total. The van der Waals surface area contributed by atoms with E-state index in [1.54, 1.807) is 17.1 Å². The highest BCUT2D eigenvalue weighted by Crippen LogP contribution is 2.15. The van der Waals surface area contributed by atoms with Crippen LogP contribution < -0.4 is 0 Å². The van der Waals surface area contributed by atoms with Crippen LogP contribution in [0.25, 0.3) is 5.82 Å². The number of aromatic nitrogens is 3. The van der Waals surface area contributed by atoms with Gasteiger partial charge in [-0.05, 0) is 18.6 Å². The number of alkyl halides is 1. The van der Waals surface area contributed by atoms with Crippen LogP contribution >= 0.6 is 23.2 Å². The summed E-state index contributed by atoms with van der Waals surface area (Å²) in [7, 11) is 0. The molecular formula is C10H9Cl2N3. The second-order valence-electron chi connectivity index (χ2n) is 3.17. The maximum Gasteiger partial charge on any atom is 0.153 e. The number of pyridine rings is 1. The average Bonchev–Trinajstić information content (AvgIpc) is 2.59. The van der Waals surface area contributed by atoms with Crippen molar-refractivity contribution >= 4 is 23.2 Å². The molecule has 0 unspecified atom stereocenters. The molecule has 0 fully saturated rings. The van der Waals surface area contributed by atoms with E-state index in [1.165, 1.54) is 0 Å². The van der Waals surface area contributed by atoms with Gasteiger partial charge in [0.25, 0.3) is 0 Å². The summed E-state index contributed by atoms with van der Waals surface area (Å²) < 4.78 is 1.65. The third kappa shape index (κ3) is 2.13. The number of hydrogen-bond acceptors (Lipinski definition) is 2. The zero-order chi connectivity index (χ0) is 10.8. The van der Waals surface area contributed by atoms with Gasteiger partial charge >= 0.3 is 0 Å². The van der Waals surface area contributed by atoms with Crippen LogP contribution in [0.5, 0.6) is 0 Å². The Labute approximate surface area is 97.7 Å².